The second-order valence-electron chi connectivity index (χ2n) is 5.21. The Morgan fingerprint density at radius 1 is 1.12 bits per heavy atom. The smallest absolute Gasteiger partial charge is 0.0189 e. The number of nitrogens with zero attached hydrogens (tertiary/aromatic N) is 1. The zero-order chi connectivity index (χ0) is 12.1. The van der Waals surface area contributed by atoms with Crippen molar-refractivity contribution in [1.29, 1.82) is 0 Å². The van der Waals surface area contributed by atoms with E-state index in [9.17, 15) is 0 Å². The highest BCUT2D eigenvalue weighted by atomic mass is 15.1. The molecule has 2 rings (SSSR count). The topological polar surface area (TPSA) is 3.24 Å². The number of aryl methyl sites for hydroxylation is 1. The van der Waals surface area contributed by atoms with Crippen molar-refractivity contribution in [2.24, 2.45) is 0 Å². The van der Waals surface area contributed by atoms with Gasteiger partial charge >= 0.3 is 0 Å². The van der Waals surface area contributed by atoms with Crippen LogP contribution < -0.4 is 0 Å². The fourth-order valence-corrected chi connectivity index (χ4v) is 2.62. The van der Waals surface area contributed by atoms with Crippen molar-refractivity contribution in [3.63, 3.8) is 0 Å². The predicted molar refractivity (Wildman–Crippen MR) is 74.2 cm³/mol. The van der Waals surface area contributed by atoms with E-state index in [0.717, 1.165) is 0 Å². The van der Waals surface area contributed by atoms with E-state index in [0.29, 0.717) is 0 Å². The number of hydrogen-bond acceptors (Lipinski definition) is 1. The average molecular weight is 229 g/mol. The Balaban J connectivity index is 1.81. The van der Waals surface area contributed by atoms with E-state index in [4.69, 9.17) is 0 Å². The normalized spacial score (nSPS) is 17.5. The van der Waals surface area contributed by atoms with Crippen LogP contribution in [-0.2, 0) is 6.42 Å². The van der Waals surface area contributed by atoms with Gasteiger partial charge in [0.25, 0.3) is 0 Å². The van der Waals surface area contributed by atoms with Gasteiger partial charge in [-0.15, -0.1) is 0 Å². The molecule has 1 aromatic carbocycles. The van der Waals surface area contributed by atoms with E-state index in [-0.39, 0.29) is 0 Å². The molecule has 1 aliphatic rings. The summed E-state index contributed by atoms with van der Waals surface area (Å²) in [7, 11) is 2.21. The lowest BCUT2D eigenvalue weighted by Crippen LogP contribution is -2.27. The van der Waals surface area contributed by atoms with Gasteiger partial charge in [-0.2, -0.15) is 0 Å². The molecule has 17 heavy (non-hydrogen) atoms. The molecule has 1 aromatic rings. The lowest BCUT2D eigenvalue weighted by Gasteiger charge is -2.26. The Morgan fingerprint density at radius 3 is 2.59 bits per heavy atom. The molecule has 0 radical (unpaired) electrons. The molecule has 1 aliphatic heterocycles. The van der Waals surface area contributed by atoms with Gasteiger partial charge in [0.15, 0.2) is 0 Å². The molecule has 0 unspecified atom stereocenters. The van der Waals surface area contributed by atoms with Crippen LogP contribution in [0.25, 0.3) is 0 Å². The molecular weight excluding hydrogens is 206 g/mol. The van der Waals surface area contributed by atoms with Gasteiger partial charge < -0.3 is 4.90 Å². The van der Waals surface area contributed by atoms with Gasteiger partial charge in [0.1, 0.15) is 0 Å². The summed E-state index contributed by atoms with van der Waals surface area (Å²) in [4.78, 5) is 2.41. The number of rotatable bonds is 4. The second kappa shape index (κ2) is 6.02. The van der Waals surface area contributed by atoms with Crippen LogP contribution in [0.5, 0.6) is 0 Å². The van der Waals surface area contributed by atoms with Crippen LogP contribution in [-0.4, -0.2) is 25.0 Å². The van der Waals surface area contributed by atoms with Crippen LogP contribution >= 0.6 is 0 Å². The monoisotopic (exact) mass is 229 g/mol. The summed E-state index contributed by atoms with van der Waals surface area (Å²) >= 11 is 0. The molecule has 0 spiro atoms. The number of benzene rings is 1. The summed E-state index contributed by atoms with van der Waals surface area (Å²) < 4.78 is 0. The summed E-state index contributed by atoms with van der Waals surface area (Å²) in [6.07, 6.45) is 5.07. The highest BCUT2D eigenvalue weighted by Crippen LogP contribution is 2.21. The molecular formula is C16H23N. The Labute approximate surface area is 105 Å². The third-order valence-corrected chi connectivity index (χ3v) is 3.69. The quantitative estimate of drug-likeness (QED) is 0.712. The first-order valence-corrected chi connectivity index (χ1v) is 6.65. The first kappa shape index (κ1) is 12.4. The summed E-state index contributed by atoms with van der Waals surface area (Å²) in [5.41, 5.74) is 4.78. The van der Waals surface area contributed by atoms with Crippen LogP contribution in [0.1, 0.15) is 31.7 Å². The van der Waals surface area contributed by atoms with Crippen molar-refractivity contribution in [3.05, 3.63) is 47.0 Å². The van der Waals surface area contributed by atoms with Gasteiger partial charge in [0.2, 0.25) is 0 Å². The van der Waals surface area contributed by atoms with Gasteiger partial charge in [-0.05, 0) is 45.2 Å². The molecule has 92 valence electrons. The molecule has 1 nitrogen and oxygen atoms in total. The van der Waals surface area contributed by atoms with Crippen LogP contribution in [0.15, 0.2) is 41.5 Å². The highest BCUT2D eigenvalue weighted by Gasteiger charge is 2.12. The van der Waals surface area contributed by atoms with Gasteiger partial charge in [-0.3, -0.25) is 0 Å². The molecule has 1 heterocycles. The first-order valence-electron chi connectivity index (χ1n) is 6.65. The van der Waals surface area contributed by atoms with Gasteiger partial charge in [-0.1, -0.05) is 41.5 Å². The summed E-state index contributed by atoms with van der Waals surface area (Å²) in [5.74, 6) is 0. The molecule has 0 aliphatic carbocycles. The van der Waals surface area contributed by atoms with Crippen molar-refractivity contribution in [3.8, 4) is 0 Å². The molecule has 0 aromatic heterocycles. The molecule has 0 fully saturated rings. The van der Waals surface area contributed by atoms with E-state index in [2.05, 4.69) is 49.2 Å². The van der Waals surface area contributed by atoms with Crippen molar-refractivity contribution >= 4 is 0 Å². The zero-order valence-corrected chi connectivity index (χ0v) is 11.1. The van der Waals surface area contributed by atoms with Crippen molar-refractivity contribution < 1.29 is 0 Å². The maximum Gasteiger partial charge on any atom is 0.0189 e. The molecule has 0 bridgehead atoms. The van der Waals surface area contributed by atoms with E-state index < -0.39 is 0 Å². The SMILES string of the molecule is CC1=C(CCCc2ccccc2)CCN(C)C1. The van der Waals surface area contributed by atoms with Gasteiger partial charge in [0, 0.05) is 13.1 Å². The van der Waals surface area contributed by atoms with E-state index in [1.807, 2.05) is 0 Å². The molecule has 0 saturated carbocycles. The second-order valence-corrected chi connectivity index (χ2v) is 5.21. The summed E-state index contributed by atoms with van der Waals surface area (Å²) in [6.45, 7) is 4.70. The van der Waals surface area contributed by atoms with Crippen molar-refractivity contribution in [2.75, 3.05) is 20.1 Å². The fraction of sp³-hybridized carbons (Fsp3) is 0.500. The Bertz CT molecular complexity index is 378. The molecule has 0 atom stereocenters. The van der Waals surface area contributed by atoms with Crippen LogP contribution in [0, 0.1) is 0 Å². The Morgan fingerprint density at radius 2 is 1.88 bits per heavy atom. The average Bonchev–Trinajstić information content (AvgIpc) is 2.33. The molecule has 1 heteroatoms. The minimum absolute atomic E-state index is 1.17. The van der Waals surface area contributed by atoms with Gasteiger partial charge in [-0.25, -0.2) is 0 Å². The standard InChI is InChI=1S/C16H23N/c1-14-13-17(2)12-11-16(14)10-6-9-15-7-4-3-5-8-15/h3-5,7-8H,6,9-13H2,1-2H3. The largest absolute Gasteiger partial charge is 0.302 e. The van der Waals surface area contributed by atoms with Crippen molar-refractivity contribution in [2.45, 2.75) is 32.6 Å². The molecule has 0 N–H and O–H groups in total. The molecule has 0 saturated heterocycles. The van der Waals surface area contributed by atoms with Crippen LogP contribution in [0.2, 0.25) is 0 Å². The fourth-order valence-electron chi connectivity index (χ4n) is 2.62. The Kier molecular flexibility index (Phi) is 4.38. The minimum Gasteiger partial charge on any atom is -0.302 e. The third-order valence-electron chi connectivity index (χ3n) is 3.69. The highest BCUT2D eigenvalue weighted by molar-refractivity contribution is 5.18. The summed E-state index contributed by atoms with van der Waals surface area (Å²) in [6, 6.07) is 10.8. The van der Waals surface area contributed by atoms with Crippen LogP contribution in [0.3, 0.4) is 0 Å². The Hall–Kier alpha value is -1.08. The van der Waals surface area contributed by atoms with Crippen LogP contribution in [0.4, 0.5) is 0 Å². The maximum atomic E-state index is 2.41. The zero-order valence-electron chi connectivity index (χ0n) is 11.1. The lowest BCUT2D eigenvalue weighted by atomic mass is 9.95. The van der Waals surface area contributed by atoms with E-state index in [1.54, 1.807) is 11.1 Å². The van der Waals surface area contributed by atoms with Crippen molar-refractivity contribution in [1.82, 2.24) is 4.90 Å². The van der Waals surface area contributed by atoms with E-state index >= 15 is 0 Å². The summed E-state index contributed by atoms with van der Waals surface area (Å²) in [5, 5.41) is 0. The maximum absolute atomic E-state index is 2.41. The lowest BCUT2D eigenvalue weighted by molar-refractivity contribution is 0.344. The number of hydrogen-bond donors (Lipinski definition) is 0. The van der Waals surface area contributed by atoms with E-state index in [1.165, 1.54) is 44.3 Å². The third kappa shape index (κ3) is 3.71. The first-order chi connectivity index (χ1) is 8.25. The predicted octanol–water partition coefficient (Wildman–Crippen LogP) is 3.66. The minimum atomic E-state index is 1.17. The molecule has 0 amide bonds. The van der Waals surface area contributed by atoms with Gasteiger partial charge in [0.05, 0.1) is 0 Å². The number of likely N-dealkylation sites (N-methyl/N-ethyl adjacent to an activating group) is 1.